The Morgan fingerprint density at radius 3 is 1.82 bits per heavy atom. The van der Waals surface area contributed by atoms with E-state index < -0.39 is 7.82 Å². The topological polar surface area (TPSA) is 60.6 Å². The van der Waals surface area contributed by atoms with Crippen molar-refractivity contribution in [3.63, 3.8) is 0 Å². The second kappa shape index (κ2) is 12.7. The van der Waals surface area contributed by atoms with Gasteiger partial charge in [0.1, 0.15) is 12.3 Å². The van der Waals surface area contributed by atoms with Crippen LogP contribution in [0.25, 0.3) is 10.9 Å². The number of quaternary nitrogens is 1. The van der Waals surface area contributed by atoms with Crippen LogP contribution in [0, 0.1) is 0 Å². The molecule has 4 aromatic carbocycles. The van der Waals surface area contributed by atoms with Crippen LogP contribution < -0.4 is 4.52 Å². The molecular formula is C33H36N2O4P+. The summed E-state index contributed by atoms with van der Waals surface area (Å²) in [5.41, 5.74) is 5.09. The van der Waals surface area contributed by atoms with E-state index in [4.69, 9.17) is 13.6 Å². The van der Waals surface area contributed by atoms with Crippen LogP contribution in [0.4, 0.5) is 0 Å². The number of hydrogen-bond donors (Lipinski definition) is 1. The lowest BCUT2D eigenvalue weighted by atomic mass is 10.1. The van der Waals surface area contributed by atoms with E-state index in [-0.39, 0.29) is 13.2 Å². The molecule has 1 heterocycles. The average Bonchev–Trinajstić information content (AvgIpc) is 3.40. The molecular weight excluding hydrogens is 519 g/mol. The molecule has 6 nitrogen and oxygen atoms in total. The first kappa shape index (κ1) is 27.9. The van der Waals surface area contributed by atoms with Gasteiger partial charge in [-0.05, 0) is 28.8 Å². The minimum absolute atomic E-state index is 0.105. The van der Waals surface area contributed by atoms with Crippen molar-refractivity contribution in [2.45, 2.75) is 26.2 Å². The summed E-state index contributed by atoms with van der Waals surface area (Å²) in [7, 11) is 0.490. The first-order valence-corrected chi connectivity index (χ1v) is 15.0. The lowest BCUT2D eigenvalue weighted by Gasteiger charge is -2.30. The third-order valence-corrected chi connectivity index (χ3v) is 8.17. The number of likely N-dealkylation sites (N-methyl/N-ethyl adjacent to an activating group) is 1. The second-order valence-corrected chi connectivity index (χ2v) is 12.2. The van der Waals surface area contributed by atoms with Gasteiger partial charge in [-0.1, -0.05) is 97.1 Å². The number of aromatic nitrogens is 1. The third-order valence-electron chi connectivity index (χ3n) is 6.86. The molecule has 5 rings (SSSR count). The second-order valence-electron chi connectivity index (χ2n) is 10.6. The number of nitrogens with zero attached hydrogens (tertiary/aromatic N) is 1. The Kier molecular flexibility index (Phi) is 8.83. The van der Waals surface area contributed by atoms with Crippen LogP contribution in [0.5, 0.6) is 5.75 Å². The normalized spacial score (nSPS) is 12.1. The summed E-state index contributed by atoms with van der Waals surface area (Å²) < 4.78 is 32.8. The van der Waals surface area contributed by atoms with Crippen LogP contribution >= 0.6 is 7.82 Å². The SMILES string of the molecule is C[N+](C)(CCc1c[nH]c2cccc(OP(=O)(OCc3ccccc3)OCc3ccccc3)c12)Cc1ccccc1. The number of nitrogens with one attached hydrogen (secondary N) is 1. The van der Waals surface area contributed by atoms with Crippen LogP contribution in [0.15, 0.2) is 115 Å². The van der Waals surface area contributed by atoms with Crippen molar-refractivity contribution in [1.29, 1.82) is 0 Å². The average molecular weight is 556 g/mol. The molecule has 0 saturated heterocycles. The van der Waals surface area contributed by atoms with Crippen molar-refractivity contribution in [3.8, 4) is 5.75 Å². The Morgan fingerprint density at radius 2 is 1.25 bits per heavy atom. The van der Waals surface area contributed by atoms with Crippen LogP contribution in [0.3, 0.4) is 0 Å². The van der Waals surface area contributed by atoms with Crippen LogP contribution in [0.2, 0.25) is 0 Å². The van der Waals surface area contributed by atoms with Gasteiger partial charge in [0.05, 0.1) is 33.9 Å². The molecule has 1 aromatic heterocycles. The summed E-state index contributed by atoms with van der Waals surface area (Å²) in [6.45, 7) is 2.06. The summed E-state index contributed by atoms with van der Waals surface area (Å²) >= 11 is 0. The minimum Gasteiger partial charge on any atom is -0.403 e. The largest absolute Gasteiger partial charge is 0.530 e. The van der Waals surface area contributed by atoms with E-state index >= 15 is 0 Å². The first-order valence-electron chi connectivity index (χ1n) is 13.5. The molecule has 0 spiro atoms. The number of aromatic amines is 1. The maximum Gasteiger partial charge on any atom is 0.530 e. The van der Waals surface area contributed by atoms with Gasteiger partial charge < -0.3 is 14.0 Å². The number of hydrogen-bond acceptors (Lipinski definition) is 4. The van der Waals surface area contributed by atoms with Crippen molar-refractivity contribution in [3.05, 3.63) is 138 Å². The monoisotopic (exact) mass is 555 g/mol. The Morgan fingerprint density at radius 1 is 0.700 bits per heavy atom. The molecule has 0 aliphatic heterocycles. The van der Waals surface area contributed by atoms with Gasteiger partial charge in [-0.25, -0.2) is 4.57 Å². The predicted molar refractivity (Wildman–Crippen MR) is 160 cm³/mol. The number of rotatable bonds is 13. The number of benzene rings is 4. The number of fused-ring (bicyclic) bond motifs is 1. The summed E-state index contributed by atoms with van der Waals surface area (Å²) in [6, 6.07) is 35.4. The van der Waals surface area contributed by atoms with Gasteiger partial charge in [-0.15, -0.1) is 0 Å². The molecule has 0 bridgehead atoms. The molecule has 0 saturated carbocycles. The first-order chi connectivity index (χ1) is 19.4. The Bertz CT molecular complexity index is 1510. The molecule has 7 heteroatoms. The molecule has 40 heavy (non-hydrogen) atoms. The lowest BCUT2D eigenvalue weighted by Crippen LogP contribution is -2.40. The van der Waals surface area contributed by atoms with Gasteiger partial charge in [0.25, 0.3) is 0 Å². The van der Waals surface area contributed by atoms with Crippen molar-refractivity contribution < 1.29 is 22.6 Å². The smallest absolute Gasteiger partial charge is 0.403 e. The van der Waals surface area contributed by atoms with Crippen molar-refractivity contribution in [2.75, 3.05) is 20.6 Å². The number of phosphoric acid groups is 1. The summed E-state index contributed by atoms with van der Waals surface area (Å²) in [6.07, 6.45) is 2.83. The summed E-state index contributed by atoms with van der Waals surface area (Å²) in [5.74, 6) is 0.478. The van der Waals surface area contributed by atoms with Crippen LogP contribution in [-0.2, 0) is 39.8 Å². The fourth-order valence-corrected chi connectivity index (χ4v) is 5.93. The fourth-order valence-electron chi connectivity index (χ4n) is 4.74. The molecule has 0 aliphatic carbocycles. The van der Waals surface area contributed by atoms with Crippen molar-refractivity contribution in [1.82, 2.24) is 4.98 Å². The molecule has 0 amide bonds. The van der Waals surface area contributed by atoms with Crippen LogP contribution in [-0.4, -0.2) is 30.1 Å². The van der Waals surface area contributed by atoms with Crippen molar-refractivity contribution >= 4 is 18.7 Å². The summed E-state index contributed by atoms with van der Waals surface area (Å²) in [4.78, 5) is 3.36. The van der Waals surface area contributed by atoms with E-state index in [1.54, 1.807) is 0 Å². The molecule has 0 aliphatic rings. The Labute approximate surface area is 236 Å². The zero-order chi connectivity index (χ0) is 27.8. The summed E-state index contributed by atoms with van der Waals surface area (Å²) in [5, 5.41) is 0.897. The van der Waals surface area contributed by atoms with E-state index in [2.05, 4.69) is 43.3 Å². The standard InChI is InChI=1S/C33H36N2O4P/c1-35(2,24-27-13-6-3-7-14-27)22-21-30-23-34-31-19-12-20-32(33(30)31)39-40(36,37-25-28-15-8-4-9-16-28)38-26-29-17-10-5-11-18-29/h3-20,23,34H,21-22,24-26H2,1-2H3/q+1. The maximum absolute atomic E-state index is 14.0. The van der Waals surface area contributed by atoms with Crippen molar-refractivity contribution in [2.24, 2.45) is 0 Å². The highest BCUT2D eigenvalue weighted by atomic mass is 31.2. The maximum atomic E-state index is 14.0. The quantitative estimate of drug-likeness (QED) is 0.118. The molecule has 5 aromatic rings. The van der Waals surface area contributed by atoms with E-state index in [1.807, 2.05) is 91.1 Å². The van der Waals surface area contributed by atoms with E-state index in [1.165, 1.54) is 5.56 Å². The van der Waals surface area contributed by atoms with Gasteiger partial charge in [-0.3, -0.25) is 9.05 Å². The molecule has 1 N–H and O–H groups in total. The molecule has 0 fully saturated rings. The van der Waals surface area contributed by atoms with E-state index in [0.717, 1.165) is 51.6 Å². The zero-order valence-corrected chi connectivity index (χ0v) is 23.9. The van der Waals surface area contributed by atoms with Gasteiger partial charge >= 0.3 is 7.82 Å². The number of phosphoric ester groups is 1. The van der Waals surface area contributed by atoms with E-state index in [0.29, 0.717) is 5.75 Å². The Hall–Kier alpha value is -3.67. The third kappa shape index (κ3) is 7.50. The molecule has 206 valence electrons. The van der Waals surface area contributed by atoms with E-state index in [9.17, 15) is 4.57 Å². The zero-order valence-electron chi connectivity index (χ0n) is 23.0. The highest BCUT2D eigenvalue weighted by Crippen LogP contribution is 2.52. The van der Waals surface area contributed by atoms with Gasteiger partial charge in [0, 0.05) is 29.1 Å². The van der Waals surface area contributed by atoms with Gasteiger partial charge in [-0.2, -0.15) is 0 Å². The van der Waals surface area contributed by atoms with Gasteiger partial charge in [0.2, 0.25) is 0 Å². The van der Waals surface area contributed by atoms with Crippen LogP contribution in [0.1, 0.15) is 22.3 Å². The lowest BCUT2D eigenvalue weighted by molar-refractivity contribution is -0.903. The molecule has 0 radical (unpaired) electrons. The minimum atomic E-state index is -3.99. The number of H-pyrrole nitrogens is 1. The predicted octanol–water partition coefficient (Wildman–Crippen LogP) is 7.91. The van der Waals surface area contributed by atoms with Gasteiger partial charge in [0.15, 0.2) is 0 Å². The highest BCUT2D eigenvalue weighted by Gasteiger charge is 2.31. The molecule has 0 atom stereocenters. The Balaban J connectivity index is 1.36. The molecule has 0 unspecified atom stereocenters. The fraction of sp³-hybridized carbons (Fsp3) is 0.212. The highest BCUT2D eigenvalue weighted by molar-refractivity contribution is 7.48.